The van der Waals surface area contributed by atoms with E-state index in [-0.39, 0.29) is 17.8 Å². The highest BCUT2D eigenvalue weighted by Gasteiger charge is 2.34. The number of hydrogen-bond donors (Lipinski definition) is 2. The molecule has 1 atom stereocenters. The number of amides is 1. The van der Waals surface area contributed by atoms with Crippen molar-refractivity contribution in [3.63, 3.8) is 0 Å². The lowest BCUT2D eigenvalue weighted by atomic mass is 9.94. The number of hydrogen-bond acceptors (Lipinski definition) is 5. The average Bonchev–Trinajstić information content (AvgIpc) is 2.39. The molecule has 0 bridgehead atoms. The topological polar surface area (TPSA) is 110 Å². The smallest absolute Gasteiger partial charge is 0.285 e. The Kier molecular flexibility index (Phi) is 3.82. The van der Waals surface area contributed by atoms with Crippen LogP contribution in [0, 0.1) is 15.9 Å². The Morgan fingerprint density at radius 3 is 2.81 bits per heavy atom. The Balaban J connectivity index is 2.39. The van der Waals surface area contributed by atoms with Crippen LogP contribution in [-0.2, 0) is 0 Å². The van der Waals surface area contributed by atoms with Crippen molar-refractivity contribution in [3.8, 4) is 0 Å². The molecule has 0 spiro atoms. The van der Waals surface area contributed by atoms with E-state index in [1.54, 1.807) is 6.92 Å². The second kappa shape index (κ2) is 5.28. The van der Waals surface area contributed by atoms with Gasteiger partial charge in [-0.15, -0.1) is 0 Å². The van der Waals surface area contributed by atoms with E-state index in [1.807, 2.05) is 0 Å². The van der Waals surface area contributed by atoms with Gasteiger partial charge in [0.15, 0.2) is 5.82 Å². The number of nitro groups is 1. The van der Waals surface area contributed by atoms with E-state index in [2.05, 4.69) is 0 Å². The summed E-state index contributed by atoms with van der Waals surface area (Å²) in [6, 6.07) is 1.61. The lowest BCUT2D eigenvalue weighted by Gasteiger charge is -2.36. The number of nitro benzene ring substituents is 1. The molecule has 8 heteroatoms. The summed E-state index contributed by atoms with van der Waals surface area (Å²) in [5.41, 5.74) is 3.14. The molecule has 1 fully saturated rings. The minimum Gasteiger partial charge on any atom is -0.396 e. The fourth-order valence-electron chi connectivity index (χ4n) is 2.47. The predicted octanol–water partition coefficient (Wildman–Crippen LogP) is 1.30. The van der Waals surface area contributed by atoms with Crippen LogP contribution in [0.15, 0.2) is 12.1 Å². The molecule has 114 valence electrons. The number of carbonyl (C=O) groups is 1. The van der Waals surface area contributed by atoms with E-state index in [0.717, 1.165) is 6.07 Å². The third-order valence-electron chi connectivity index (χ3n) is 3.50. The lowest BCUT2D eigenvalue weighted by Crippen LogP contribution is -2.48. The van der Waals surface area contributed by atoms with Gasteiger partial charge >= 0.3 is 0 Å². The molecule has 0 aliphatic carbocycles. The normalized spacial score (nSPS) is 22.1. The Bertz CT molecular complexity index is 603. The number of halogens is 1. The second-order valence-electron chi connectivity index (χ2n) is 5.48. The van der Waals surface area contributed by atoms with Gasteiger partial charge in [-0.25, -0.2) is 4.39 Å². The minimum absolute atomic E-state index is 0.0697. The fourth-order valence-corrected chi connectivity index (χ4v) is 2.47. The number of nitrogens with two attached hydrogens (primary N) is 1. The molecular weight excluding hydrogens is 281 g/mol. The van der Waals surface area contributed by atoms with Crippen LogP contribution >= 0.6 is 0 Å². The summed E-state index contributed by atoms with van der Waals surface area (Å²) in [6.07, 6.45) is 1.13. The summed E-state index contributed by atoms with van der Waals surface area (Å²) in [5.74, 6) is -1.57. The van der Waals surface area contributed by atoms with E-state index >= 15 is 0 Å². The zero-order chi connectivity index (χ0) is 15.8. The number of β-amino-alcohol motifs (C(OH)–C–C–N with tert-alkyl or cyclic N) is 1. The van der Waals surface area contributed by atoms with E-state index in [1.165, 1.54) is 4.90 Å². The van der Waals surface area contributed by atoms with Gasteiger partial charge < -0.3 is 15.7 Å². The van der Waals surface area contributed by atoms with Crippen molar-refractivity contribution >= 4 is 17.3 Å². The summed E-state index contributed by atoms with van der Waals surface area (Å²) in [4.78, 5) is 23.9. The van der Waals surface area contributed by atoms with Crippen molar-refractivity contribution < 1.29 is 19.2 Å². The molecule has 0 saturated carbocycles. The van der Waals surface area contributed by atoms with Gasteiger partial charge in [-0.2, -0.15) is 0 Å². The average molecular weight is 297 g/mol. The number of anilines is 1. The Morgan fingerprint density at radius 1 is 1.57 bits per heavy atom. The number of nitrogens with zero attached hydrogens (tertiary/aromatic N) is 2. The van der Waals surface area contributed by atoms with Crippen molar-refractivity contribution in [2.75, 3.05) is 18.8 Å². The lowest BCUT2D eigenvalue weighted by molar-refractivity contribution is -0.385. The van der Waals surface area contributed by atoms with Gasteiger partial charge in [0, 0.05) is 13.1 Å². The molecular formula is C13H16FN3O4. The molecule has 1 saturated heterocycles. The number of nitrogen functional groups attached to an aromatic ring is 1. The monoisotopic (exact) mass is 297 g/mol. The van der Waals surface area contributed by atoms with E-state index in [4.69, 9.17) is 5.73 Å². The second-order valence-corrected chi connectivity index (χ2v) is 5.48. The van der Waals surface area contributed by atoms with Crippen LogP contribution in [0.3, 0.4) is 0 Å². The molecule has 1 aliphatic heterocycles. The molecule has 7 nitrogen and oxygen atoms in total. The van der Waals surface area contributed by atoms with Crippen LogP contribution in [0.1, 0.15) is 30.1 Å². The van der Waals surface area contributed by atoms with Gasteiger partial charge in [-0.3, -0.25) is 14.9 Å². The molecule has 1 amide bonds. The van der Waals surface area contributed by atoms with Gasteiger partial charge in [0.2, 0.25) is 0 Å². The van der Waals surface area contributed by atoms with Crippen molar-refractivity contribution in [1.82, 2.24) is 4.90 Å². The molecule has 3 N–H and O–H groups in total. The first-order valence-corrected chi connectivity index (χ1v) is 6.46. The maximum atomic E-state index is 13.4. The number of benzene rings is 1. The van der Waals surface area contributed by atoms with Gasteiger partial charge in [-0.1, -0.05) is 0 Å². The Hall–Kier alpha value is -2.22. The molecule has 21 heavy (non-hydrogen) atoms. The summed E-state index contributed by atoms with van der Waals surface area (Å²) in [5, 5.41) is 21.0. The zero-order valence-electron chi connectivity index (χ0n) is 11.5. The molecule has 2 rings (SSSR count). The molecule has 1 heterocycles. The van der Waals surface area contributed by atoms with Gasteiger partial charge in [0.25, 0.3) is 11.6 Å². The summed E-state index contributed by atoms with van der Waals surface area (Å²) >= 11 is 0. The first-order valence-electron chi connectivity index (χ1n) is 6.46. The van der Waals surface area contributed by atoms with Crippen LogP contribution in [0.5, 0.6) is 0 Å². The van der Waals surface area contributed by atoms with Crippen LogP contribution in [0.2, 0.25) is 0 Å². The predicted molar refractivity (Wildman–Crippen MR) is 73.2 cm³/mol. The SMILES string of the molecule is CC1(O)CCCN(C(=O)c2cc(N)c(F)cc2[N+](=O)[O-])C1. The molecule has 1 aromatic rings. The standard InChI is InChI=1S/C13H16FN3O4/c1-13(19)3-2-4-16(7-13)12(18)8-5-10(15)9(14)6-11(8)17(20)21/h5-6,19H,2-4,7,15H2,1H3. The maximum Gasteiger partial charge on any atom is 0.285 e. The Morgan fingerprint density at radius 2 is 2.24 bits per heavy atom. The largest absolute Gasteiger partial charge is 0.396 e. The molecule has 0 aromatic heterocycles. The number of carbonyl (C=O) groups excluding carboxylic acids is 1. The maximum absolute atomic E-state index is 13.4. The van der Waals surface area contributed by atoms with E-state index < -0.39 is 27.9 Å². The van der Waals surface area contributed by atoms with Crippen molar-refractivity contribution in [2.45, 2.75) is 25.4 Å². The highest BCUT2D eigenvalue weighted by atomic mass is 19.1. The molecule has 1 aliphatic rings. The van der Waals surface area contributed by atoms with Crippen molar-refractivity contribution in [2.24, 2.45) is 0 Å². The number of aliphatic hydroxyl groups is 1. The van der Waals surface area contributed by atoms with Gasteiger partial charge in [-0.05, 0) is 25.8 Å². The van der Waals surface area contributed by atoms with E-state index in [0.29, 0.717) is 25.5 Å². The summed E-state index contributed by atoms with van der Waals surface area (Å²) in [6.45, 7) is 2.05. The minimum atomic E-state index is -1.03. The van der Waals surface area contributed by atoms with Crippen LogP contribution < -0.4 is 5.73 Å². The third kappa shape index (κ3) is 3.10. The highest BCUT2D eigenvalue weighted by Crippen LogP contribution is 2.28. The molecule has 0 radical (unpaired) electrons. The zero-order valence-corrected chi connectivity index (χ0v) is 11.5. The number of rotatable bonds is 2. The Labute approximate surface area is 120 Å². The first-order chi connectivity index (χ1) is 9.71. The molecule has 1 aromatic carbocycles. The molecule has 1 unspecified atom stereocenters. The highest BCUT2D eigenvalue weighted by molar-refractivity contribution is 5.99. The fraction of sp³-hybridized carbons (Fsp3) is 0.462. The van der Waals surface area contributed by atoms with Crippen molar-refractivity contribution in [3.05, 3.63) is 33.6 Å². The summed E-state index contributed by atoms with van der Waals surface area (Å²) < 4.78 is 13.4. The van der Waals surface area contributed by atoms with Crippen LogP contribution in [0.25, 0.3) is 0 Å². The third-order valence-corrected chi connectivity index (χ3v) is 3.50. The van der Waals surface area contributed by atoms with Crippen LogP contribution in [0.4, 0.5) is 15.8 Å². The quantitative estimate of drug-likeness (QED) is 0.486. The first kappa shape index (κ1) is 15.2. The number of likely N-dealkylation sites (tertiary alicyclic amines) is 1. The van der Waals surface area contributed by atoms with E-state index in [9.17, 15) is 24.4 Å². The van der Waals surface area contributed by atoms with Gasteiger partial charge in [0.05, 0.1) is 22.3 Å². The van der Waals surface area contributed by atoms with Crippen molar-refractivity contribution in [1.29, 1.82) is 0 Å². The van der Waals surface area contributed by atoms with Crippen LogP contribution in [-0.4, -0.2) is 39.5 Å². The number of piperidine rings is 1. The summed E-state index contributed by atoms with van der Waals surface area (Å²) in [7, 11) is 0. The van der Waals surface area contributed by atoms with Gasteiger partial charge in [0.1, 0.15) is 5.56 Å².